The number of rotatable bonds is 4. The largest absolute Gasteiger partial charge is 0.497 e. The van der Waals surface area contributed by atoms with Crippen LogP contribution in [0, 0.1) is 0 Å². The predicted molar refractivity (Wildman–Crippen MR) is 122 cm³/mol. The molecule has 1 heterocycles. The second-order valence-corrected chi connectivity index (χ2v) is 9.70. The van der Waals surface area contributed by atoms with Gasteiger partial charge in [-0.15, -0.1) is 0 Å². The number of hydrogen-bond acceptors (Lipinski definition) is 3. The first-order chi connectivity index (χ1) is 14.3. The molecule has 0 unspecified atom stereocenters. The van der Waals surface area contributed by atoms with Crippen LogP contribution in [0.15, 0.2) is 122 Å². The van der Waals surface area contributed by atoms with Gasteiger partial charge in [-0.2, -0.15) is 0 Å². The summed E-state index contributed by atoms with van der Waals surface area (Å²) in [6.45, 7) is 0. The van der Waals surface area contributed by atoms with Crippen molar-refractivity contribution >= 4 is 34.0 Å². The Labute approximate surface area is 178 Å². The molecule has 4 aromatic rings. The Hall–Kier alpha value is -2.82. The number of para-hydroxylation sites is 2. The van der Waals surface area contributed by atoms with Crippen LogP contribution in [-0.4, -0.2) is 7.11 Å². The second-order valence-electron chi connectivity index (χ2n) is 6.65. The van der Waals surface area contributed by atoms with E-state index < -0.39 is 0 Å². The van der Waals surface area contributed by atoms with Crippen LogP contribution >= 0.6 is 11.8 Å². The zero-order valence-corrected chi connectivity index (χ0v) is 17.6. The third-order valence-electron chi connectivity index (χ3n) is 4.83. The zero-order valence-electron chi connectivity index (χ0n) is 16.0. The first-order valence-electron chi connectivity index (χ1n) is 9.44. The van der Waals surface area contributed by atoms with E-state index in [0.717, 1.165) is 5.75 Å². The smallest absolute Gasteiger partial charge is 0.190 e. The number of hydrogen-bond donors (Lipinski definition) is 1. The molecule has 0 radical (unpaired) electrons. The molecule has 29 heavy (non-hydrogen) atoms. The van der Waals surface area contributed by atoms with Gasteiger partial charge in [0.25, 0.3) is 0 Å². The fraction of sp³-hybridized carbons (Fsp3) is 0.0400. The first-order valence-corrected chi connectivity index (χ1v) is 11.5. The number of anilines is 2. The van der Waals surface area contributed by atoms with E-state index in [-0.39, 0.29) is 10.9 Å². The minimum absolute atomic E-state index is 0.218. The van der Waals surface area contributed by atoms with Crippen LogP contribution in [0.1, 0.15) is 0 Å². The molecule has 5 rings (SSSR count). The Bertz CT molecular complexity index is 1110. The quantitative estimate of drug-likeness (QED) is 0.320. The lowest BCUT2D eigenvalue weighted by molar-refractivity contribution is 0.413. The molecule has 4 aromatic carbocycles. The van der Waals surface area contributed by atoms with Crippen LogP contribution in [0.3, 0.4) is 0 Å². The molecule has 1 aliphatic heterocycles. The molecule has 142 valence electrons. The number of ether oxygens (including phenoxy) is 1. The van der Waals surface area contributed by atoms with Crippen LogP contribution in [0.4, 0.5) is 11.4 Å². The summed E-state index contributed by atoms with van der Waals surface area (Å²) in [4.78, 5) is 6.41. The average Bonchev–Trinajstić information content (AvgIpc) is 2.78. The van der Waals surface area contributed by atoms with Gasteiger partial charge in [-0.25, -0.2) is 0 Å². The molecule has 0 fully saturated rings. The summed E-state index contributed by atoms with van der Waals surface area (Å²) in [5.74, 6) is 0.887. The van der Waals surface area contributed by atoms with Gasteiger partial charge in [-0.3, -0.25) is 0 Å². The lowest BCUT2D eigenvalue weighted by Gasteiger charge is -2.22. The van der Waals surface area contributed by atoms with Gasteiger partial charge in [-0.05, 0) is 48.5 Å². The van der Waals surface area contributed by atoms with Crippen molar-refractivity contribution in [3.8, 4) is 5.75 Å². The third-order valence-corrected chi connectivity index (χ3v) is 8.41. The maximum atomic E-state index is 5.61. The summed E-state index contributed by atoms with van der Waals surface area (Å²) in [6, 6.07) is 34.2. The Morgan fingerprint density at radius 2 is 1.31 bits per heavy atom. The van der Waals surface area contributed by atoms with E-state index in [1.54, 1.807) is 7.11 Å². The van der Waals surface area contributed by atoms with Crippen LogP contribution in [-0.2, 0) is 10.9 Å². The molecule has 0 aliphatic carbocycles. The van der Waals surface area contributed by atoms with E-state index in [9.17, 15) is 0 Å². The molecule has 0 atom stereocenters. The molecule has 0 saturated carbocycles. The SMILES string of the molecule is COc1ccc(Sc2ccccc2)c([S+]2c3ccccc3Nc3ccccc32)c1. The molecule has 1 N–H and O–H groups in total. The number of nitrogens with one attached hydrogen (secondary N) is 1. The van der Waals surface area contributed by atoms with Crippen LogP contribution in [0.5, 0.6) is 5.75 Å². The molecular formula is C25H20NOS2+. The Morgan fingerprint density at radius 3 is 1.97 bits per heavy atom. The highest BCUT2D eigenvalue weighted by atomic mass is 32.2. The van der Waals surface area contributed by atoms with Gasteiger partial charge in [-0.1, -0.05) is 54.2 Å². The van der Waals surface area contributed by atoms with E-state index >= 15 is 0 Å². The second kappa shape index (κ2) is 7.90. The third kappa shape index (κ3) is 3.50. The Balaban J connectivity index is 1.71. The maximum absolute atomic E-state index is 5.61. The highest BCUT2D eigenvalue weighted by Crippen LogP contribution is 2.48. The van der Waals surface area contributed by atoms with Gasteiger partial charge in [0.05, 0.1) is 23.4 Å². The standard InChI is InChI=1S/C25H20NOS2/c1-27-18-15-16-22(28-19-9-3-2-4-10-19)25(17-18)29-23-13-7-5-11-20(23)26-21-12-6-8-14-24(21)29/h2-17,26H,1H3/q+1. The van der Waals surface area contributed by atoms with E-state index in [4.69, 9.17) is 4.74 Å². The summed E-state index contributed by atoms with van der Waals surface area (Å²) in [5.41, 5.74) is 2.35. The minimum atomic E-state index is -0.218. The molecule has 2 nitrogen and oxygen atoms in total. The maximum Gasteiger partial charge on any atom is 0.190 e. The van der Waals surface area contributed by atoms with Gasteiger partial charge in [0.1, 0.15) is 16.6 Å². The normalized spacial score (nSPS) is 12.6. The monoisotopic (exact) mass is 414 g/mol. The van der Waals surface area contributed by atoms with Crippen molar-refractivity contribution < 1.29 is 4.74 Å². The average molecular weight is 415 g/mol. The van der Waals surface area contributed by atoms with Gasteiger partial charge >= 0.3 is 0 Å². The van der Waals surface area contributed by atoms with Crippen molar-refractivity contribution in [2.24, 2.45) is 0 Å². The molecule has 0 saturated heterocycles. The van der Waals surface area contributed by atoms with Gasteiger partial charge in [0.2, 0.25) is 0 Å². The van der Waals surface area contributed by atoms with Gasteiger partial charge < -0.3 is 10.1 Å². The predicted octanol–water partition coefficient (Wildman–Crippen LogP) is 7.00. The van der Waals surface area contributed by atoms with E-state index in [2.05, 4.69) is 102 Å². The summed E-state index contributed by atoms with van der Waals surface area (Å²) >= 11 is 1.81. The topological polar surface area (TPSA) is 21.3 Å². The summed E-state index contributed by atoms with van der Waals surface area (Å²) in [7, 11) is 1.51. The number of benzene rings is 4. The number of methoxy groups -OCH3 is 1. The zero-order chi connectivity index (χ0) is 19.6. The van der Waals surface area contributed by atoms with Crippen LogP contribution in [0.25, 0.3) is 0 Å². The Morgan fingerprint density at radius 1 is 0.690 bits per heavy atom. The molecular weight excluding hydrogens is 394 g/mol. The highest BCUT2D eigenvalue weighted by Gasteiger charge is 2.39. The van der Waals surface area contributed by atoms with Gasteiger partial charge in [0.15, 0.2) is 14.7 Å². The minimum Gasteiger partial charge on any atom is -0.497 e. The van der Waals surface area contributed by atoms with E-state index in [1.165, 1.54) is 35.9 Å². The van der Waals surface area contributed by atoms with Crippen molar-refractivity contribution in [3.05, 3.63) is 97.1 Å². The van der Waals surface area contributed by atoms with E-state index in [0.29, 0.717) is 0 Å². The highest BCUT2D eigenvalue weighted by molar-refractivity contribution is 8.01. The van der Waals surface area contributed by atoms with Crippen molar-refractivity contribution in [3.63, 3.8) is 0 Å². The van der Waals surface area contributed by atoms with Crippen molar-refractivity contribution in [1.82, 2.24) is 0 Å². The summed E-state index contributed by atoms with van der Waals surface area (Å²) in [5, 5.41) is 3.61. The Kier molecular flexibility index (Phi) is 4.96. The van der Waals surface area contributed by atoms with Gasteiger partial charge in [0, 0.05) is 11.0 Å². The molecule has 4 heteroatoms. The molecule has 0 aromatic heterocycles. The lowest BCUT2D eigenvalue weighted by atomic mass is 10.2. The fourth-order valence-electron chi connectivity index (χ4n) is 3.47. The first kappa shape index (κ1) is 18.2. The molecule has 1 aliphatic rings. The molecule has 0 bridgehead atoms. The van der Waals surface area contributed by atoms with E-state index in [1.807, 2.05) is 11.8 Å². The molecule has 0 amide bonds. The van der Waals surface area contributed by atoms with Crippen LogP contribution < -0.4 is 10.1 Å². The van der Waals surface area contributed by atoms with Crippen LogP contribution in [0.2, 0.25) is 0 Å². The van der Waals surface area contributed by atoms with Crippen molar-refractivity contribution in [2.45, 2.75) is 24.5 Å². The van der Waals surface area contributed by atoms with Crippen molar-refractivity contribution in [1.29, 1.82) is 0 Å². The molecule has 0 spiro atoms. The summed E-state index contributed by atoms with van der Waals surface area (Å²) in [6.07, 6.45) is 0. The summed E-state index contributed by atoms with van der Waals surface area (Å²) < 4.78 is 5.61. The number of fused-ring (bicyclic) bond motifs is 2. The lowest BCUT2D eigenvalue weighted by Crippen LogP contribution is -2.15. The fourth-order valence-corrected chi connectivity index (χ4v) is 7.01. The van der Waals surface area contributed by atoms with Crippen molar-refractivity contribution in [2.75, 3.05) is 12.4 Å².